The number of para-hydroxylation sites is 1. The summed E-state index contributed by atoms with van der Waals surface area (Å²) in [5, 5.41) is 14.0. The third-order valence-electron chi connectivity index (χ3n) is 2.99. The van der Waals surface area contributed by atoms with Gasteiger partial charge < -0.3 is 10.2 Å². The molecule has 1 aromatic rings. The first kappa shape index (κ1) is 15.9. The van der Waals surface area contributed by atoms with Crippen LogP contribution < -0.4 is 5.32 Å². The van der Waals surface area contributed by atoms with Crippen LogP contribution in [0.15, 0.2) is 18.2 Å². The Morgan fingerprint density at radius 3 is 2.55 bits per heavy atom. The highest BCUT2D eigenvalue weighted by molar-refractivity contribution is 6.01. The Hall–Kier alpha value is -2.11. The molecular weight excluding hydrogens is 258 g/mol. The predicted octanol–water partition coefficient (Wildman–Crippen LogP) is 2.90. The van der Waals surface area contributed by atoms with Crippen LogP contribution in [0.25, 0.3) is 0 Å². The molecule has 0 atom stereocenters. The fraction of sp³-hybridized carbons (Fsp3) is 0.500. The number of nitro groups is 1. The molecule has 0 aliphatic heterocycles. The van der Waals surface area contributed by atoms with Crippen LogP contribution in [-0.4, -0.2) is 35.4 Å². The van der Waals surface area contributed by atoms with E-state index < -0.39 is 4.92 Å². The average molecular weight is 279 g/mol. The number of anilines is 1. The lowest BCUT2D eigenvalue weighted by atomic mass is 10.1. The quantitative estimate of drug-likeness (QED) is 0.615. The van der Waals surface area contributed by atoms with E-state index in [1.54, 1.807) is 17.0 Å². The molecule has 1 amide bonds. The molecule has 1 aromatic carbocycles. The molecule has 0 saturated carbocycles. The molecule has 20 heavy (non-hydrogen) atoms. The zero-order valence-corrected chi connectivity index (χ0v) is 12.2. The van der Waals surface area contributed by atoms with Crippen molar-refractivity contribution in [1.82, 2.24) is 4.90 Å². The van der Waals surface area contributed by atoms with E-state index >= 15 is 0 Å². The minimum atomic E-state index is -0.467. The van der Waals surface area contributed by atoms with Crippen molar-refractivity contribution < 1.29 is 9.72 Å². The van der Waals surface area contributed by atoms with Gasteiger partial charge in [0.25, 0.3) is 11.6 Å². The summed E-state index contributed by atoms with van der Waals surface area (Å²) in [5.74, 6) is -0.172. The molecule has 1 N–H and O–H groups in total. The van der Waals surface area contributed by atoms with Gasteiger partial charge in [-0.25, -0.2) is 0 Å². The lowest BCUT2D eigenvalue weighted by molar-refractivity contribution is -0.384. The van der Waals surface area contributed by atoms with Crippen molar-refractivity contribution in [2.45, 2.75) is 27.2 Å². The summed E-state index contributed by atoms with van der Waals surface area (Å²) in [4.78, 5) is 24.8. The number of nitrogens with zero attached hydrogens (tertiary/aromatic N) is 2. The summed E-state index contributed by atoms with van der Waals surface area (Å²) in [5.41, 5.74) is 0.598. The molecular formula is C14H21N3O3. The van der Waals surface area contributed by atoms with Gasteiger partial charge in [0.1, 0.15) is 5.69 Å². The van der Waals surface area contributed by atoms with Gasteiger partial charge in [0.15, 0.2) is 0 Å². The lowest BCUT2D eigenvalue weighted by Gasteiger charge is -2.21. The van der Waals surface area contributed by atoms with Gasteiger partial charge in [-0.05, 0) is 26.3 Å². The molecule has 0 fully saturated rings. The Balaban J connectivity index is 3.25. The van der Waals surface area contributed by atoms with Gasteiger partial charge in [0.05, 0.1) is 10.5 Å². The maximum Gasteiger partial charge on any atom is 0.293 e. The highest BCUT2D eigenvalue weighted by atomic mass is 16.6. The van der Waals surface area contributed by atoms with E-state index in [0.29, 0.717) is 30.9 Å². The molecule has 0 radical (unpaired) electrons. The summed E-state index contributed by atoms with van der Waals surface area (Å²) in [6.07, 6.45) is 0.852. The molecule has 0 unspecified atom stereocenters. The Morgan fingerprint density at radius 2 is 2.05 bits per heavy atom. The molecule has 0 bridgehead atoms. The van der Waals surface area contributed by atoms with E-state index in [4.69, 9.17) is 0 Å². The predicted molar refractivity (Wildman–Crippen MR) is 79.1 cm³/mol. The number of hydrogen-bond acceptors (Lipinski definition) is 4. The minimum absolute atomic E-state index is 0.0646. The van der Waals surface area contributed by atoms with Crippen molar-refractivity contribution in [2.24, 2.45) is 0 Å². The SMILES string of the molecule is CCCN(CC)C(=O)c1cccc([N+](=O)[O-])c1NCC. The highest BCUT2D eigenvalue weighted by Gasteiger charge is 2.23. The van der Waals surface area contributed by atoms with Gasteiger partial charge in [-0.1, -0.05) is 13.0 Å². The lowest BCUT2D eigenvalue weighted by Crippen LogP contribution is -2.32. The van der Waals surface area contributed by atoms with Crippen LogP contribution in [0, 0.1) is 10.1 Å². The number of rotatable bonds is 7. The second kappa shape index (κ2) is 7.47. The van der Waals surface area contributed by atoms with Crippen LogP contribution >= 0.6 is 0 Å². The van der Waals surface area contributed by atoms with Gasteiger partial charge >= 0.3 is 0 Å². The summed E-state index contributed by atoms with van der Waals surface area (Å²) >= 11 is 0. The molecule has 0 spiro atoms. The van der Waals surface area contributed by atoms with Crippen LogP contribution in [0.5, 0.6) is 0 Å². The zero-order valence-electron chi connectivity index (χ0n) is 12.2. The molecule has 1 rings (SSSR count). The van der Waals surface area contributed by atoms with E-state index in [1.165, 1.54) is 6.07 Å². The van der Waals surface area contributed by atoms with E-state index in [0.717, 1.165) is 6.42 Å². The van der Waals surface area contributed by atoms with E-state index in [1.807, 2.05) is 20.8 Å². The first-order valence-corrected chi connectivity index (χ1v) is 6.87. The van der Waals surface area contributed by atoms with Crippen LogP contribution in [0.1, 0.15) is 37.6 Å². The van der Waals surface area contributed by atoms with Crippen LogP contribution in [0.3, 0.4) is 0 Å². The van der Waals surface area contributed by atoms with Crippen LogP contribution in [-0.2, 0) is 0 Å². The van der Waals surface area contributed by atoms with Crippen molar-refractivity contribution in [3.63, 3.8) is 0 Å². The monoisotopic (exact) mass is 279 g/mol. The van der Waals surface area contributed by atoms with Gasteiger partial charge in [-0.15, -0.1) is 0 Å². The fourth-order valence-corrected chi connectivity index (χ4v) is 2.08. The first-order chi connectivity index (χ1) is 9.56. The molecule has 110 valence electrons. The molecule has 0 heterocycles. The Morgan fingerprint density at radius 1 is 1.35 bits per heavy atom. The van der Waals surface area contributed by atoms with Gasteiger partial charge in [-0.2, -0.15) is 0 Å². The normalized spacial score (nSPS) is 10.2. The summed E-state index contributed by atoms with van der Waals surface area (Å²) < 4.78 is 0. The number of amides is 1. The second-order valence-corrected chi connectivity index (χ2v) is 4.37. The molecule has 0 aliphatic carbocycles. The average Bonchev–Trinajstić information content (AvgIpc) is 2.44. The topological polar surface area (TPSA) is 75.5 Å². The maximum atomic E-state index is 12.5. The van der Waals surface area contributed by atoms with E-state index in [9.17, 15) is 14.9 Å². The number of carbonyl (C=O) groups is 1. The second-order valence-electron chi connectivity index (χ2n) is 4.37. The first-order valence-electron chi connectivity index (χ1n) is 6.87. The largest absolute Gasteiger partial charge is 0.379 e. The molecule has 6 nitrogen and oxygen atoms in total. The Kier molecular flexibility index (Phi) is 5.96. The summed E-state index contributed by atoms with van der Waals surface area (Å²) in [7, 11) is 0. The van der Waals surface area contributed by atoms with Gasteiger partial charge in [0, 0.05) is 25.7 Å². The number of hydrogen-bond donors (Lipinski definition) is 1. The molecule has 6 heteroatoms. The number of nitrogens with one attached hydrogen (secondary N) is 1. The number of carbonyl (C=O) groups excluding carboxylic acids is 1. The number of benzene rings is 1. The van der Waals surface area contributed by atoms with Crippen molar-refractivity contribution in [3.05, 3.63) is 33.9 Å². The fourth-order valence-electron chi connectivity index (χ4n) is 2.08. The van der Waals surface area contributed by atoms with Crippen LogP contribution in [0.2, 0.25) is 0 Å². The third-order valence-corrected chi connectivity index (χ3v) is 2.99. The summed E-state index contributed by atoms with van der Waals surface area (Å²) in [6.45, 7) is 7.48. The Labute approximate surface area is 118 Å². The molecule has 0 aromatic heterocycles. The van der Waals surface area contributed by atoms with Gasteiger partial charge in [0.2, 0.25) is 0 Å². The Bertz CT molecular complexity index is 489. The van der Waals surface area contributed by atoms with E-state index in [2.05, 4.69) is 5.32 Å². The van der Waals surface area contributed by atoms with E-state index in [-0.39, 0.29) is 11.6 Å². The molecule has 0 saturated heterocycles. The summed E-state index contributed by atoms with van der Waals surface area (Å²) in [6, 6.07) is 4.59. The minimum Gasteiger partial charge on any atom is -0.379 e. The molecule has 0 aliphatic rings. The van der Waals surface area contributed by atoms with Crippen molar-refractivity contribution >= 4 is 17.3 Å². The highest BCUT2D eigenvalue weighted by Crippen LogP contribution is 2.29. The zero-order chi connectivity index (χ0) is 15.1. The smallest absolute Gasteiger partial charge is 0.293 e. The van der Waals surface area contributed by atoms with Gasteiger partial charge in [-0.3, -0.25) is 14.9 Å². The standard InChI is InChI=1S/C14H21N3O3/c1-4-10-16(6-3)14(18)11-8-7-9-12(17(19)20)13(11)15-5-2/h7-9,15H,4-6,10H2,1-3H3. The van der Waals surface area contributed by atoms with Crippen LogP contribution in [0.4, 0.5) is 11.4 Å². The third kappa shape index (κ3) is 3.46. The maximum absolute atomic E-state index is 12.5. The van der Waals surface area contributed by atoms with Crippen molar-refractivity contribution in [3.8, 4) is 0 Å². The van der Waals surface area contributed by atoms with Crippen molar-refractivity contribution in [2.75, 3.05) is 25.0 Å². The van der Waals surface area contributed by atoms with Crippen molar-refractivity contribution in [1.29, 1.82) is 0 Å². The number of nitro benzene ring substituents is 1.